The van der Waals surface area contributed by atoms with Crippen LogP contribution in [0.5, 0.6) is 0 Å². The average Bonchev–Trinajstić information content (AvgIpc) is 3.48. The van der Waals surface area contributed by atoms with Crippen LogP contribution < -0.4 is 0 Å². The first kappa shape index (κ1) is 19.5. The van der Waals surface area contributed by atoms with Gasteiger partial charge < -0.3 is 0 Å². The van der Waals surface area contributed by atoms with Gasteiger partial charge in [0.1, 0.15) is 5.82 Å². The largest absolute Gasteiger partial charge is 0.292 e. The van der Waals surface area contributed by atoms with Crippen molar-refractivity contribution in [3.63, 3.8) is 0 Å². The molecule has 0 N–H and O–H groups in total. The number of aromatic nitrogens is 2. The van der Waals surface area contributed by atoms with E-state index in [0.717, 1.165) is 41.0 Å². The maximum Gasteiger partial charge on any atom is 0.145 e. The highest BCUT2D eigenvalue weighted by Gasteiger charge is 2.17. The van der Waals surface area contributed by atoms with Crippen LogP contribution in [-0.4, -0.2) is 9.55 Å². The van der Waals surface area contributed by atoms with E-state index in [1.165, 1.54) is 31.7 Å². The molecule has 7 rings (SSSR count). The Kier molecular flexibility index (Phi) is 4.49. The fraction of sp³-hybridized carbons (Fsp3) is 0.0645. The second-order valence-corrected chi connectivity index (χ2v) is 9.79. The third kappa shape index (κ3) is 3.05. The SMILES string of the molecule is C1=Cc2sc3c(-c4ccc(-c5nc6ccccc6n5-c5ccccc5)cc4)cccc3c2CC1. The highest BCUT2D eigenvalue weighted by Crippen LogP contribution is 2.41. The lowest BCUT2D eigenvalue weighted by Gasteiger charge is -2.10. The van der Waals surface area contributed by atoms with Gasteiger partial charge in [0.05, 0.1) is 11.0 Å². The lowest BCUT2D eigenvalue weighted by molar-refractivity contribution is 1.01. The van der Waals surface area contributed by atoms with E-state index in [1.807, 2.05) is 17.4 Å². The van der Waals surface area contributed by atoms with Gasteiger partial charge in [-0.25, -0.2) is 4.98 Å². The number of thiophene rings is 1. The highest BCUT2D eigenvalue weighted by molar-refractivity contribution is 7.20. The lowest BCUT2D eigenvalue weighted by Crippen LogP contribution is -1.97. The summed E-state index contributed by atoms with van der Waals surface area (Å²) in [6, 6.07) is 34.5. The highest BCUT2D eigenvalue weighted by atomic mass is 32.1. The number of nitrogens with zero attached hydrogens (tertiary/aromatic N) is 2. The first-order valence-electron chi connectivity index (χ1n) is 11.7. The van der Waals surface area contributed by atoms with Crippen LogP contribution in [0.25, 0.3) is 55.4 Å². The second kappa shape index (κ2) is 7.82. The normalized spacial score (nSPS) is 12.9. The smallest absolute Gasteiger partial charge is 0.145 e. The van der Waals surface area contributed by atoms with Gasteiger partial charge in [0.15, 0.2) is 0 Å². The molecule has 6 aromatic rings. The van der Waals surface area contributed by atoms with E-state index in [4.69, 9.17) is 4.98 Å². The molecular formula is C31H22N2S. The van der Waals surface area contributed by atoms with Crippen molar-refractivity contribution in [2.45, 2.75) is 12.8 Å². The van der Waals surface area contributed by atoms with Gasteiger partial charge in [-0.2, -0.15) is 0 Å². The lowest BCUT2D eigenvalue weighted by atomic mass is 9.97. The fourth-order valence-corrected chi connectivity index (χ4v) is 6.40. The van der Waals surface area contributed by atoms with Gasteiger partial charge in [-0.1, -0.05) is 78.9 Å². The van der Waals surface area contributed by atoms with Gasteiger partial charge in [0.25, 0.3) is 0 Å². The summed E-state index contributed by atoms with van der Waals surface area (Å²) in [5.74, 6) is 0.967. The van der Waals surface area contributed by atoms with Crippen LogP contribution in [0.1, 0.15) is 16.9 Å². The second-order valence-electron chi connectivity index (χ2n) is 8.74. The maximum atomic E-state index is 5.01. The molecule has 0 saturated heterocycles. The molecule has 0 saturated carbocycles. The number of hydrogen-bond donors (Lipinski definition) is 0. The van der Waals surface area contributed by atoms with Crippen molar-refractivity contribution < 1.29 is 0 Å². The molecule has 34 heavy (non-hydrogen) atoms. The molecule has 0 radical (unpaired) electrons. The van der Waals surface area contributed by atoms with Crippen LogP contribution in [0.4, 0.5) is 0 Å². The molecule has 0 amide bonds. The van der Waals surface area contributed by atoms with Crippen molar-refractivity contribution in [2.75, 3.05) is 0 Å². The summed E-state index contributed by atoms with van der Waals surface area (Å²) < 4.78 is 3.65. The number of para-hydroxylation sites is 3. The first-order valence-corrected chi connectivity index (χ1v) is 12.5. The Hall–Kier alpha value is -3.95. The number of hydrogen-bond acceptors (Lipinski definition) is 2. The third-order valence-corrected chi connectivity index (χ3v) is 7.96. The van der Waals surface area contributed by atoms with E-state index < -0.39 is 0 Å². The van der Waals surface area contributed by atoms with Crippen LogP contribution in [0.3, 0.4) is 0 Å². The molecule has 0 atom stereocenters. The van der Waals surface area contributed by atoms with Crippen LogP contribution in [-0.2, 0) is 6.42 Å². The molecule has 0 fully saturated rings. The quantitative estimate of drug-likeness (QED) is 0.262. The van der Waals surface area contributed by atoms with Crippen LogP contribution in [0.15, 0.2) is 103 Å². The summed E-state index contributed by atoms with van der Waals surface area (Å²) in [5, 5.41) is 1.41. The van der Waals surface area contributed by atoms with E-state index in [2.05, 4.69) is 108 Å². The maximum absolute atomic E-state index is 5.01. The summed E-state index contributed by atoms with van der Waals surface area (Å²) in [4.78, 5) is 6.43. The zero-order chi connectivity index (χ0) is 22.5. The van der Waals surface area contributed by atoms with Crippen molar-refractivity contribution in [3.05, 3.63) is 114 Å². The molecule has 0 aliphatic heterocycles. The predicted molar refractivity (Wildman–Crippen MR) is 145 cm³/mol. The summed E-state index contributed by atoms with van der Waals surface area (Å²) >= 11 is 1.92. The predicted octanol–water partition coefficient (Wildman–Crippen LogP) is 8.53. The minimum atomic E-state index is 0.967. The Morgan fingerprint density at radius 3 is 2.41 bits per heavy atom. The van der Waals surface area contributed by atoms with Gasteiger partial charge >= 0.3 is 0 Å². The first-order chi connectivity index (χ1) is 16.9. The Morgan fingerprint density at radius 2 is 1.53 bits per heavy atom. The number of rotatable bonds is 3. The monoisotopic (exact) mass is 454 g/mol. The molecule has 2 nitrogen and oxygen atoms in total. The zero-order valence-electron chi connectivity index (χ0n) is 18.6. The number of benzene rings is 4. The van der Waals surface area contributed by atoms with Gasteiger partial charge in [-0.05, 0) is 65.3 Å². The zero-order valence-corrected chi connectivity index (χ0v) is 19.4. The Bertz CT molecular complexity index is 1690. The molecule has 0 spiro atoms. The van der Waals surface area contributed by atoms with Gasteiger partial charge in [0, 0.05) is 20.8 Å². The molecule has 3 heteroatoms. The number of allylic oxidation sites excluding steroid dienone is 1. The van der Waals surface area contributed by atoms with Crippen LogP contribution in [0.2, 0.25) is 0 Å². The van der Waals surface area contributed by atoms with E-state index >= 15 is 0 Å². The van der Waals surface area contributed by atoms with Crippen molar-refractivity contribution in [2.24, 2.45) is 0 Å². The van der Waals surface area contributed by atoms with Crippen molar-refractivity contribution in [1.82, 2.24) is 9.55 Å². The standard InChI is InChI=1S/C31H22N2S/c1-2-9-23(10-3-1)33-28-15-6-5-14-27(28)32-31(33)22-19-17-21(18-20-22)24-12-8-13-26-25-11-4-7-16-29(25)34-30(24)26/h1-3,5-10,12-20H,4,11H2. The van der Waals surface area contributed by atoms with Crippen LogP contribution >= 0.6 is 11.3 Å². The van der Waals surface area contributed by atoms with Crippen molar-refractivity contribution in [1.29, 1.82) is 0 Å². The van der Waals surface area contributed by atoms with Crippen LogP contribution in [0, 0.1) is 0 Å². The molecule has 4 aromatic carbocycles. The minimum Gasteiger partial charge on any atom is -0.292 e. The third-order valence-electron chi connectivity index (χ3n) is 6.71. The van der Waals surface area contributed by atoms with Crippen molar-refractivity contribution in [3.8, 4) is 28.2 Å². The Balaban J connectivity index is 1.36. The topological polar surface area (TPSA) is 17.8 Å². The van der Waals surface area contributed by atoms with Gasteiger partial charge in [0.2, 0.25) is 0 Å². The van der Waals surface area contributed by atoms with E-state index in [-0.39, 0.29) is 0 Å². The summed E-state index contributed by atoms with van der Waals surface area (Å²) in [7, 11) is 0. The van der Waals surface area contributed by atoms with E-state index in [0.29, 0.717) is 0 Å². The molecular weight excluding hydrogens is 432 g/mol. The Labute approximate surface area is 202 Å². The number of fused-ring (bicyclic) bond motifs is 4. The van der Waals surface area contributed by atoms with Crippen molar-refractivity contribution >= 4 is 38.5 Å². The number of imidazole rings is 1. The summed E-state index contributed by atoms with van der Waals surface area (Å²) in [6.07, 6.45) is 6.87. The van der Waals surface area contributed by atoms with E-state index in [9.17, 15) is 0 Å². The number of aryl methyl sites for hydroxylation is 1. The Morgan fingerprint density at radius 1 is 0.735 bits per heavy atom. The summed E-state index contributed by atoms with van der Waals surface area (Å²) in [5.41, 5.74) is 8.44. The molecule has 2 heterocycles. The molecule has 2 aromatic heterocycles. The van der Waals surface area contributed by atoms with E-state index in [1.54, 1.807) is 0 Å². The molecule has 1 aliphatic carbocycles. The fourth-order valence-electron chi connectivity index (χ4n) is 5.08. The minimum absolute atomic E-state index is 0.967. The summed E-state index contributed by atoms with van der Waals surface area (Å²) in [6.45, 7) is 0. The molecule has 0 unspecified atom stereocenters. The average molecular weight is 455 g/mol. The van der Waals surface area contributed by atoms with Gasteiger partial charge in [-0.3, -0.25) is 4.57 Å². The molecule has 0 bridgehead atoms. The molecule has 162 valence electrons. The molecule has 1 aliphatic rings. The van der Waals surface area contributed by atoms with Gasteiger partial charge in [-0.15, -0.1) is 11.3 Å².